The number of hydrogen-bond acceptors (Lipinski definition) is 1. The molecule has 88 valence electrons. The highest BCUT2D eigenvalue weighted by molar-refractivity contribution is 4.54. The molecule has 0 aliphatic heterocycles. The van der Waals surface area contributed by atoms with Gasteiger partial charge >= 0.3 is 0 Å². The summed E-state index contributed by atoms with van der Waals surface area (Å²) in [4.78, 5) is 1.69. The average Bonchev–Trinajstić information content (AvgIpc) is 2.05. The molecule has 0 atom stereocenters. The largest absolute Gasteiger partial charge is 0.301 e. The molecule has 0 aromatic carbocycles. The van der Waals surface area contributed by atoms with Crippen LogP contribution in [-0.4, -0.2) is 31.5 Å². The van der Waals surface area contributed by atoms with Crippen LogP contribution in [0.5, 0.6) is 0 Å². The van der Waals surface area contributed by atoms with Gasteiger partial charge in [-0.25, -0.2) is 8.78 Å². The molecule has 3 heteroatoms. The molecule has 0 aromatic heterocycles. The first kappa shape index (κ1) is 16.3. The Morgan fingerprint density at radius 3 is 2.00 bits per heavy atom. The molecule has 0 saturated heterocycles. The Morgan fingerprint density at radius 1 is 1.14 bits per heavy atom. The summed E-state index contributed by atoms with van der Waals surface area (Å²) in [6.45, 7) is 8.97. The Morgan fingerprint density at radius 2 is 1.64 bits per heavy atom. The van der Waals surface area contributed by atoms with Gasteiger partial charge < -0.3 is 4.90 Å². The van der Waals surface area contributed by atoms with Crippen molar-refractivity contribution in [2.75, 3.05) is 20.1 Å². The maximum Gasteiger partial charge on any atom is 0.251 e. The minimum atomic E-state index is -2.20. The third-order valence-corrected chi connectivity index (χ3v) is 1.77. The fraction of sp³-hybridized carbons (Fsp3) is 1.00. The first-order chi connectivity index (χ1) is 6.52. The molecule has 0 aliphatic carbocycles. The van der Waals surface area contributed by atoms with E-state index in [-0.39, 0.29) is 6.54 Å². The van der Waals surface area contributed by atoms with E-state index in [0.29, 0.717) is 5.92 Å². The molecule has 0 unspecified atom stereocenters. The van der Waals surface area contributed by atoms with Gasteiger partial charge in [0, 0.05) is 0 Å². The van der Waals surface area contributed by atoms with Gasteiger partial charge in [0.05, 0.1) is 6.54 Å². The van der Waals surface area contributed by atoms with Crippen LogP contribution >= 0.6 is 0 Å². The zero-order valence-electron chi connectivity index (χ0n) is 10.2. The first-order valence-electron chi connectivity index (χ1n) is 5.49. The lowest BCUT2D eigenvalue weighted by Crippen LogP contribution is -2.25. The predicted octanol–water partition coefficient (Wildman–Crippen LogP) is 3.65. The van der Waals surface area contributed by atoms with Crippen LogP contribution in [0.2, 0.25) is 0 Å². The van der Waals surface area contributed by atoms with Crippen LogP contribution in [-0.2, 0) is 0 Å². The van der Waals surface area contributed by atoms with E-state index in [0.717, 1.165) is 19.4 Å². The smallest absolute Gasteiger partial charge is 0.251 e. The number of alkyl halides is 2. The van der Waals surface area contributed by atoms with Crippen molar-refractivity contribution in [1.29, 1.82) is 0 Å². The summed E-state index contributed by atoms with van der Waals surface area (Å²) in [6.07, 6.45) is -0.0666. The highest BCUT2D eigenvalue weighted by atomic mass is 19.3. The topological polar surface area (TPSA) is 3.24 Å². The van der Waals surface area contributed by atoms with Crippen molar-refractivity contribution in [3.8, 4) is 0 Å². The van der Waals surface area contributed by atoms with Gasteiger partial charge in [-0.3, -0.25) is 0 Å². The summed E-state index contributed by atoms with van der Waals surface area (Å²) in [6, 6.07) is 0. The second-order valence-electron chi connectivity index (χ2n) is 3.69. The number of hydrogen-bond donors (Lipinski definition) is 0. The average molecular weight is 209 g/mol. The van der Waals surface area contributed by atoms with Gasteiger partial charge in [0.1, 0.15) is 0 Å². The van der Waals surface area contributed by atoms with E-state index in [2.05, 4.69) is 13.8 Å². The van der Waals surface area contributed by atoms with Crippen LogP contribution in [0.4, 0.5) is 8.78 Å². The van der Waals surface area contributed by atoms with Crippen molar-refractivity contribution in [1.82, 2.24) is 4.90 Å². The standard InChI is InChI=1S/C9H19F2N.C2H6/c1-8(2)5-4-6-12(3)7-9(10)11;1-2/h8-9H,4-7H2,1-3H3;1-2H3. The SMILES string of the molecule is CC.CC(C)CCCN(C)CC(F)F. The van der Waals surface area contributed by atoms with Crippen molar-refractivity contribution in [2.24, 2.45) is 5.92 Å². The Balaban J connectivity index is 0. The van der Waals surface area contributed by atoms with Crippen LogP contribution in [0.3, 0.4) is 0 Å². The maximum atomic E-state index is 11.8. The maximum absolute atomic E-state index is 11.8. The zero-order valence-corrected chi connectivity index (χ0v) is 10.2. The molecule has 0 aliphatic rings. The minimum absolute atomic E-state index is 0.0991. The van der Waals surface area contributed by atoms with E-state index in [1.165, 1.54) is 0 Å². The van der Waals surface area contributed by atoms with E-state index < -0.39 is 6.43 Å². The quantitative estimate of drug-likeness (QED) is 0.645. The third-order valence-electron chi connectivity index (χ3n) is 1.77. The highest BCUT2D eigenvalue weighted by Gasteiger charge is 2.06. The third kappa shape index (κ3) is 14.3. The molecule has 0 fully saturated rings. The Hall–Kier alpha value is -0.180. The summed E-state index contributed by atoms with van der Waals surface area (Å²) in [5, 5.41) is 0. The molecule has 0 rings (SSSR count). The molecular formula is C11H25F2N. The lowest BCUT2D eigenvalue weighted by Gasteiger charge is -2.16. The first-order valence-corrected chi connectivity index (χ1v) is 5.49. The van der Waals surface area contributed by atoms with Crippen LogP contribution < -0.4 is 0 Å². The van der Waals surface area contributed by atoms with Crippen molar-refractivity contribution < 1.29 is 8.78 Å². The Bertz CT molecular complexity index is 105. The highest BCUT2D eigenvalue weighted by Crippen LogP contribution is 2.04. The summed E-state index contributed by atoms with van der Waals surface area (Å²) >= 11 is 0. The normalized spacial score (nSPS) is 10.7. The Kier molecular flexibility index (Phi) is 12.7. The molecule has 0 heterocycles. The second kappa shape index (κ2) is 10.9. The van der Waals surface area contributed by atoms with Crippen molar-refractivity contribution >= 4 is 0 Å². The second-order valence-corrected chi connectivity index (χ2v) is 3.69. The molecule has 14 heavy (non-hydrogen) atoms. The van der Waals surface area contributed by atoms with Gasteiger partial charge in [-0.2, -0.15) is 0 Å². The minimum Gasteiger partial charge on any atom is -0.301 e. The molecule has 0 spiro atoms. The van der Waals surface area contributed by atoms with Gasteiger partial charge in [0.2, 0.25) is 0 Å². The van der Waals surface area contributed by atoms with Crippen molar-refractivity contribution in [3.05, 3.63) is 0 Å². The van der Waals surface area contributed by atoms with Gasteiger partial charge in [0.15, 0.2) is 0 Å². The molecule has 0 aromatic rings. The summed E-state index contributed by atoms with van der Waals surface area (Å²) in [5.74, 6) is 0.671. The molecule has 1 nitrogen and oxygen atoms in total. The molecule has 0 saturated carbocycles. The van der Waals surface area contributed by atoms with Gasteiger partial charge in [-0.1, -0.05) is 27.7 Å². The van der Waals surface area contributed by atoms with E-state index in [1.807, 2.05) is 13.8 Å². The van der Waals surface area contributed by atoms with Crippen LogP contribution in [0.15, 0.2) is 0 Å². The molecule has 0 amide bonds. The van der Waals surface area contributed by atoms with E-state index in [9.17, 15) is 8.78 Å². The van der Waals surface area contributed by atoms with Crippen molar-refractivity contribution in [3.63, 3.8) is 0 Å². The van der Waals surface area contributed by atoms with Crippen LogP contribution in [0, 0.1) is 5.92 Å². The lowest BCUT2D eigenvalue weighted by molar-refractivity contribution is 0.0992. The number of halogens is 2. The van der Waals surface area contributed by atoms with Crippen molar-refractivity contribution in [2.45, 2.75) is 47.0 Å². The van der Waals surface area contributed by atoms with Gasteiger partial charge in [0.25, 0.3) is 6.43 Å². The number of rotatable bonds is 6. The predicted molar refractivity (Wildman–Crippen MR) is 58.9 cm³/mol. The molecule has 0 bridgehead atoms. The van der Waals surface area contributed by atoms with Crippen LogP contribution in [0.1, 0.15) is 40.5 Å². The van der Waals surface area contributed by atoms with Gasteiger partial charge in [-0.15, -0.1) is 0 Å². The van der Waals surface area contributed by atoms with Gasteiger partial charge in [-0.05, 0) is 32.4 Å². The zero-order chi connectivity index (χ0) is 11.6. The van der Waals surface area contributed by atoms with E-state index in [4.69, 9.17) is 0 Å². The molecule has 0 N–H and O–H groups in total. The number of nitrogens with zero attached hydrogens (tertiary/aromatic N) is 1. The van der Waals surface area contributed by atoms with E-state index >= 15 is 0 Å². The fourth-order valence-corrected chi connectivity index (χ4v) is 1.10. The summed E-state index contributed by atoms with van der Waals surface area (Å²) < 4.78 is 23.7. The monoisotopic (exact) mass is 209 g/mol. The van der Waals surface area contributed by atoms with E-state index in [1.54, 1.807) is 11.9 Å². The lowest BCUT2D eigenvalue weighted by atomic mass is 10.1. The summed E-state index contributed by atoms with van der Waals surface area (Å²) in [7, 11) is 1.74. The summed E-state index contributed by atoms with van der Waals surface area (Å²) in [5.41, 5.74) is 0. The van der Waals surface area contributed by atoms with Crippen LogP contribution in [0.25, 0.3) is 0 Å². The fourth-order valence-electron chi connectivity index (χ4n) is 1.10. The molecule has 0 radical (unpaired) electrons. The molecular weight excluding hydrogens is 184 g/mol. The Labute approximate surface area is 87.5 Å².